The molecule has 4 nitrogen and oxygen atoms in total. The summed E-state index contributed by atoms with van der Waals surface area (Å²) in [5, 5.41) is 0. The minimum atomic E-state index is -0.124. The van der Waals surface area contributed by atoms with Gasteiger partial charge in [-0.05, 0) is 41.1 Å². The first kappa shape index (κ1) is 15.5. The third-order valence-electron chi connectivity index (χ3n) is 3.44. The van der Waals surface area contributed by atoms with Crippen LogP contribution in [0.2, 0.25) is 0 Å². The van der Waals surface area contributed by atoms with Gasteiger partial charge < -0.3 is 9.64 Å². The molecule has 21 heavy (non-hydrogen) atoms. The van der Waals surface area contributed by atoms with E-state index in [0.29, 0.717) is 5.69 Å². The molecule has 1 heterocycles. The summed E-state index contributed by atoms with van der Waals surface area (Å²) in [5.41, 5.74) is 1.38. The average Bonchev–Trinajstić information content (AvgIpc) is 2.53. The first-order valence-electron chi connectivity index (χ1n) is 6.56. The zero-order valence-corrected chi connectivity index (χ0v) is 13.8. The van der Waals surface area contributed by atoms with Gasteiger partial charge in [0.2, 0.25) is 0 Å². The summed E-state index contributed by atoms with van der Waals surface area (Å²) in [6.07, 6.45) is 1.62. The number of halogens is 1. The Hall–Kier alpha value is -1.88. The number of rotatable bonds is 4. The number of aromatic nitrogens is 1. The van der Waals surface area contributed by atoms with Crippen LogP contribution in [0.25, 0.3) is 0 Å². The first-order chi connectivity index (χ1) is 10.0. The van der Waals surface area contributed by atoms with Crippen LogP contribution in [0.5, 0.6) is 5.75 Å². The monoisotopic (exact) mass is 348 g/mol. The zero-order valence-electron chi connectivity index (χ0n) is 12.2. The van der Waals surface area contributed by atoms with Crippen molar-refractivity contribution in [1.82, 2.24) is 9.88 Å². The van der Waals surface area contributed by atoms with Crippen LogP contribution in [-0.4, -0.2) is 29.9 Å². The van der Waals surface area contributed by atoms with E-state index in [9.17, 15) is 4.79 Å². The van der Waals surface area contributed by atoms with Crippen LogP contribution in [0.3, 0.4) is 0 Å². The average molecular weight is 349 g/mol. The van der Waals surface area contributed by atoms with E-state index >= 15 is 0 Å². The molecule has 0 aliphatic carbocycles. The molecule has 1 aromatic heterocycles. The van der Waals surface area contributed by atoms with E-state index in [2.05, 4.69) is 20.9 Å². The zero-order chi connectivity index (χ0) is 15.4. The Bertz CT molecular complexity index is 628. The van der Waals surface area contributed by atoms with E-state index < -0.39 is 0 Å². The van der Waals surface area contributed by atoms with Crippen LogP contribution in [0, 0.1) is 0 Å². The number of methoxy groups -OCH3 is 1. The molecule has 2 rings (SSSR count). The van der Waals surface area contributed by atoms with Crippen molar-refractivity contribution >= 4 is 21.8 Å². The lowest BCUT2D eigenvalue weighted by Crippen LogP contribution is -2.30. The Morgan fingerprint density at radius 1 is 1.29 bits per heavy atom. The van der Waals surface area contributed by atoms with Gasteiger partial charge in [-0.3, -0.25) is 4.79 Å². The maximum Gasteiger partial charge on any atom is 0.272 e. The van der Waals surface area contributed by atoms with E-state index in [1.807, 2.05) is 37.3 Å². The smallest absolute Gasteiger partial charge is 0.272 e. The summed E-state index contributed by atoms with van der Waals surface area (Å²) >= 11 is 3.31. The normalized spacial score (nSPS) is 11.8. The molecule has 1 atom stereocenters. The first-order valence-corrected chi connectivity index (χ1v) is 7.35. The summed E-state index contributed by atoms with van der Waals surface area (Å²) in [6, 6.07) is 11.1. The highest BCUT2D eigenvalue weighted by Gasteiger charge is 2.22. The van der Waals surface area contributed by atoms with Crippen LogP contribution in [-0.2, 0) is 0 Å². The fourth-order valence-electron chi connectivity index (χ4n) is 2.08. The molecular weight excluding hydrogens is 332 g/mol. The molecule has 0 aliphatic rings. The molecule has 0 saturated carbocycles. The third kappa shape index (κ3) is 3.42. The van der Waals surface area contributed by atoms with Gasteiger partial charge in [0.15, 0.2) is 0 Å². The second-order valence-corrected chi connectivity index (χ2v) is 5.61. The van der Waals surface area contributed by atoms with Crippen molar-refractivity contribution in [2.45, 2.75) is 13.0 Å². The van der Waals surface area contributed by atoms with Gasteiger partial charge in [-0.25, -0.2) is 4.98 Å². The molecular formula is C16H17BrN2O2. The standard InChI is InChI=1S/C16H17BrN2O2/c1-11(13-6-4-5-7-15(13)21-3)19(2)16(20)14-9-8-12(17)10-18-14/h4-11H,1-3H3. The van der Waals surface area contributed by atoms with E-state index in [1.165, 1.54) is 0 Å². The topological polar surface area (TPSA) is 42.4 Å². The summed E-state index contributed by atoms with van der Waals surface area (Å²) in [5.74, 6) is 0.648. The fourth-order valence-corrected chi connectivity index (χ4v) is 2.31. The van der Waals surface area contributed by atoms with Crippen LogP contribution in [0.4, 0.5) is 0 Å². The molecule has 0 spiro atoms. The summed E-state index contributed by atoms with van der Waals surface area (Å²) < 4.78 is 6.20. The molecule has 2 aromatic rings. The summed E-state index contributed by atoms with van der Waals surface area (Å²) in [7, 11) is 3.40. The highest BCUT2D eigenvalue weighted by molar-refractivity contribution is 9.10. The lowest BCUT2D eigenvalue weighted by atomic mass is 10.1. The van der Waals surface area contributed by atoms with Gasteiger partial charge in [-0.2, -0.15) is 0 Å². The molecule has 1 unspecified atom stereocenters. The quantitative estimate of drug-likeness (QED) is 0.846. The van der Waals surface area contributed by atoms with Crippen molar-refractivity contribution in [1.29, 1.82) is 0 Å². The molecule has 1 aromatic carbocycles. The number of para-hydroxylation sites is 1. The van der Waals surface area contributed by atoms with Gasteiger partial charge in [-0.1, -0.05) is 18.2 Å². The van der Waals surface area contributed by atoms with Crippen molar-refractivity contribution in [2.24, 2.45) is 0 Å². The maximum atomic E-state index is 12.5. The summed E-state index contributed by atoms with van der Waals surface area (Å²) in [4.78, 5) is 18.3. The minimum Gasteiger partial charge on any atom is -0.496 e. The number of benzene rings is 1. The van der Waals surface area contributed by atoms with Crippen molar-refractivity contribution in [3.8, 4) is 5.75 Å². The molecule has 0 fully saturated rings. The number of carbonyl (C=O) groups excluding carboxylic acids is 1. The highest BCUT2D eigenvalue weighted by Crippen LogP contribution is 2.28. The SMILES string of the molecule is COc1ccccc1C(C)N(C)C(=O)c1ccc(Br)cn1. The highest BCUT2D eigenvalue weighted by atomic mass is 79.9. The number of carbonyl (C=O) groups is 1. The van der Waals surface area contributed by atoms with Crippen molar-refractivity contribution in [3.05, 3.63) is 58.3 Å². The van der Waals surface area contributed by atoms with Crippen molar-refractivity contribution in [3.63, 3.8) is 0 Å². The Labute approximate surface area is 132 Å². The second kappa shape index (κ2) is 6.72. The molecule has 0 radical (unpaired) electrons. The summed E-state index contributed by atoms with van der Waals surface area (Å²) in [6.45, 7) is 1.97. The fraction of sp³-hybridized carbons (Fsp3) is 0.250. The Balaban J connectivity index is 2.24. The molecule has 0 aliphatic heterocycles. The van der Waals surface area contributed by atoms with E-state index in [-0.39, 0.29) is 11.9 Å². The van der Waals surface area contributed by atoms with Gasteiger partial charge in [0.1, 0.15) is 11.4 Å². The molecule has 0 N–H and O–H groups in total. The van der Waals surface area contributed by atoms with Gasteiger partial charge >= 0.3 is 0 Å². The van der Waals surface area contributed by atoms with Crippen LogP contribution < -0.4 is 4.74 Å². The van der Waals surface area contributed by atoms with Gasteiger partial charge in [-0.15, -0.1) is 0 Å². The van der Waals surface area contributed by atoms with Crippen molar-refractivity contribution in [2.75, 3.05) is 14.2 Å². The Morgan fingerprint density at radius 3 is 2.62 bits per heavy atom. The Morgan fingerprint density at radius 2 is 2.00 bits per heavy atom. The number of amides is 1. The van der Waals surface area contributed by atoms with Crippen molar-refractivity contribution < 1.29 is 9.53 Å². The van der Waals surface area contributed by atoms with E-state index in [1.54, 1.807) is 31.3 Å². The molecule has 1 amide bonds. The maximum absolute atomic E-state index is 12.5. The lowest BCUT2D eigenvalue weighted by Gasteiger charge is -2.26. The molecule has 5 heteroatoms. The van der Waals surface area contributed by atoms with E-state index in [0.717, 1.165) is 15.8 Å². The number of hydrogen-bond donors (Lipinski definition) is 0. The minimum absolute atomic E-state index is 0.112. The number of pyridine rings is 1. The second-order valence-electron chi connectivity index (χ2n) is 4.70. The van der Waals surface area contributed by atoms with E-state index in [4.69, 9.17) is 4.74 Å². The third-order valence-corrected chi connectivity index (χ3v) is 3.91. The Kier molecular flexibility index (Phi) is 4.96. The largest absolute Gasteiger partial charge is 0.496 e. The van der Waals surface area contributed by atoms with Crippen LogP contribution >= 0.6 is 15.9 Å². The predicted octanol–water partition coefficient (Wildman–Crippen LogP) is 3.69. The molecule has 0 saturated heterocycles. The number of ether oxygens (including phenoxy) is 1. The van der Waals surface area contributed by atoms with Gasteiger partial charge in [0.25, 0.3) is 5.91 Å². The molecule has 0 bridgehead atoms. The lowest BCUT2D eigenvalue weighted by molar-refractivity contribution is 0.0735. The molecule has 110 valence electrons. The van der Waals surface area contributed by atoms with Gasteiger partial charge in [0.05, 0.1) is 13.2 Å². The predicted molar refractivity (Wildman–Crippen MR) is 85.4 cm³/mol. The van der Waals surface area contributed by atoms with Crippen LogP contribution in [0.1, 0.15) is 29.0 Å². The van der Waals surface area contributed by atoms with Gasteiger partial charge in [0, 0.05) is 23.3 Å². The number of hydrogen-bond acceptors (Lipinski definition) is 3. The van der Waals surface area contributed by atoms with Crippen LogP contribution in [0.15, 0.2) is 47.1 Å². The number of nitrogens with zero attached hydrogens (tertiary/aromatic N) is 2.